The summed E-state index contributed by atoms with van der Waals surface area (Å²) in [6.45, 7) is 0. The zero-order chi connectivity index (χ0) is 16.7. The van der Waals surface area contributed by atoms with Crippen molar-refractivity contribution in [3.8, 4) is 0 Å². The Morgan fingerprint density at radius 3 is 2.43 bits per heavy atom. The molecule has 4 atom stereocenters. The molecule has 2 aliphatic carbocycles. The maximum absolute atomic E-state index is 13.3. The molecule has 0 heterocycles. The van der Waals surface area contributed by atoms with Gasteiger partial charge in [0.2, 0.25) is 0 Å². The summed E-state index contributed by atoms with van der Waals surface area (Å²) in [7, 11) is 2.01. The first-order valence-corrected chi connectivity index (χ1v) is 9.31. The average molecular weight is 337 g/mol. The van der Waals surface area contributed by atoms with Gasteiger partial charge in [-0.15, -0.1) is 0 Å². The molecule has 1 N–H and O–H groups in total. The topological polar surface area (TPSA) is 68.1 Å². The molecule has 6 heteroatoms. The monoisotopic (exact) mass is 337 g/mol. The van der Waals surface area contributed by atoms with E-state index in [1.807, 2.05) is 30.4 Å². The molecular weight excluding hydrogens is 314 g/mol. The Bertz CT molecular complexity index is 719. The second kappa shape index (κ2) is 5.70. The van der Waals surface area contributed by atoms with E-state index in [1.54, 1.807) is 33.4 Å². The summed E-state index contributed by atoms with van der Waals surface area (Å²) in [5.41, 5.74) is -1.17. The van der Waals surface area contributed by atoms with Gasteiger partial charge < -0.3 is 14.6 Å². The van der Waals surface area contributed by atoms with Gasteiger partial charge in [-0.3, -0.25) is 0 Å². The van der Waals surface area contributed by atoms with Crippen molar-refractivity contribution in [1.82, 2.24) is 0 Å². The van der Waals surface area contributed by atoms with E-state index in [9.17, 15) is 9.32 Å². The van der Waals surface area contributed by atoms with E-state index in [-0.39, 0.29) is 17.6 Å². The van der Waals surface area contributed by atoms with Gasteiger partial charge in [0, 0.05) is 32.1 Å². The summed E-state index contributed by atoms with van der Waals surface area (Å²) in [4.78, 5) is 0.642. The third-order valence-corrected chi connectivity index (χ3v) is 7.62. The van der Waals surface area contributed by atoms with E-state index in [0.717, 1.165) is 0 Å². The van der Waals surface area contributed by atoms with Crippen LogP contribution in [0.25, 0.3) is 0 Å². The first-order chi connectivity index (χ1) is 10.9. The Balaban J connectivity index is 1.97. The smallest absolute Gasteiger partial charge is 0.182 e. The van der Waals surface area contributed by atoms with E-state index in [1.165, 1.54) is 0 Å². The second-order valence-corrected chi connectivity index (χ2v) is 8.59. The summed E-state index contributed by atoms with van der Waals surface area (Å²) >= 11 is 0. The standard InChI is InChI=1S/C17H23NO4S/c1-18-23(20,14-7-5-4-6-8-14)12-16(19)11-13-9-10-15(16)17(13,21-2)22-3/h4-10,13,15,19H,11-12H2,1-3H3/t13-,15-,16-,23-/m1/s1. The highest BCUT2D eigenvalue weighted by Crippen LogP contribution is 2.55. The number of nitrogens with zero attached hydrogens (tertiary/aromatic N) is 1. The van der Waals surface area contributed by atoms with Crippen LogP contribution in [-0.2, 0) is 19.2 Å². The minimum Gasteiger partial charge on any atom is -0.388 e. The third kappa shape index (κ3) is 2.36. The van der Waals surface area contributed by atoms with Gasteiger partial charge in [0.1, 0.15) is 0 Å². The van der Waals surface area contributed by atoms with Crippen LogP contribution < -0.4 is 0 Å². The van der Waals surface area contributed by atoms with Gasteiger partial charge in [-0.25, -0.2) is 8.57 Å². The van der Waals surface area contributed by atoms with Gasteiger partial charge in [-0.2, -0.15) is 0 Å². The molecule has 0 saturated heterocycles. The molecule has 0 aromatic heterocycles. The Morgan fingerprint density at radius 1 is 1.26 bits per heavy atom. The van der Waals surface area contributed by atoms with Crippen LogP contribution in [0.5, 0.6) is 0 Å². The average Bonchev–Trinajstić information content (AvgIpc) is 3.04. The number of rotatable bonds is 5. The quantitative estimate of drug-likeness (QED) is 0.660. The van der Waals surface area contributed by atoms with E-state index in [2.05, 4.69) is 4.36 Å². The van der Waals surface area contributed by atoms with Gasteiger partial charge in [0.15, 0.2) is 5.79 Å². The first-order valence-electron chi connectivity index (χ1n) is 7.63. The van der Waals surface area contributed by atoms with Crippen molar-refractivity contribution < 1.29 is 18.8 Å². The summed E-state index contributed by atoms with van der Waals surface area (Å²) in [5.74, 6) is -1.22. The fourth-order valence-corrected chi connectivity index (χ4v) is 6.09. The Hall–Kier alpha value is -1.21. The van der Waals surface area contributed by atoms with Crippen LogP contribution >= 0.6 is 0 Å². The van der Waals surface area contributed by atoms with E-state index in [0.29, 0.717) is 11.3 Å². The molecule has 0 unspecified atom stereocenters. The van der Waals surface area contributed by atoms with Gasteiger partial charge >= 0.3 is 0 Å². The lowest BCUT2D eigenvalue weighted by atomic mass is 9.89. The molecule has 3 rings (SSSR count). The highest BCUT2D eigenvalue weighted by atomic mass is 32.2. The zero-order valence-electron chi connectivity index (χ0n) is 13.6. The minimum atomic E-state index is -2.71. The summed E-state index contributed by atoms with van der Waals surface area (Å²) < 4.78 is 28.7. The largest absolute Gasteiger partial charge is 0.388 e. The molecule has 1 aromatic carbocycles. The van der Waals surface area contributed by atoms with Gasteiger partial charge in [-0.05, 0) is 18.6 Å². The number of hydrogen-bond acceptors (Lipinski definition) is 5. The molecule has 126 valence electrons. The fourth-order valence-electron chi connectivity index (χ4n) is 4.03. The predicted octanol–water partition coefficient (Wildman–Crippen LogP) is 2.07. The van der Waals surface area contributed by atoms with Gasteiger partial charge in [0.05, 0.1) is 27.0 Å². The summed E-state index contributed by atoms with van der Waals surface area (Å²) in [5, 5.41) is 11.3. The summed E-state index contributed by atoms with van der Waals surface area (Å²) in [6, 6.07) is 9.12. The highest BCUT2D eigenvalue weighted by Gasteiger charge is 2.65. The lowest BCUT2D eigenvalue weighted by molar-refractivity contribution is -0.239. The Kier molecular flexibility index (Phi) is 4.13. The van der Waals surface area contributed by atoms with Crippen LogP contribution in [0.3, 0.4) is 0 Å². The molecule has 2 aliphatic rings. The predicted molar refractivity (Wildman–Crippen MR) is 88.5 cm³/mol. The number of methoxy groups -OCH3 is 2. The third-order valence-electron chi connectivity index (χ3n) is 5.13. The molecule has 0 radical (unpaired) electrons. The van der Waals surface area contributed by atoms with E-state index >= 15 is 0 Å². The normalized spacial score (nSPS) is 33.6. The van der Waals surface area contributed by atoms with E-state index < -0.39 is 21.1 Å². The molecular formula is C17H23NO4S. The number of hydrogen-bond donors (Lipinski definition) is 1. The molecule has 23 heavy (non-hydrogen) atoms. The molecule has 5 nitrogen and oxygen atoms in total. The van der Waals surface area contributed by atoms with Crippen LogP contribution in [0.1, 0.15) is 6.42 Å². The summed E-state index contributed by atoms with van der Waals surface area (Å²) in [6.07, 6.45) is 4.39. The molecule has 1 saturated carbocycles. The minimum absolute atomic E-state index is 0.0521. The molecule has 2 bridgehead atoms. The van der Waals surface area contributed by atoms with Crippen LogP contribution in [0, 0.1) is 11.8 Å². The zero-order valence-corrected chi connectivity index (χ0v) is 14.5. The Morgan fingerprint density at radius 2 is 1.91 bits per heavy atom. The molecule has 0 amide bonds. The van der Waals surface area contributed by atoms with Crippen LogP contribution in [0.2, 0.25) is 0 Å². The fraction of sp³-hybridized carbons (Fsp3) is 0.529. The van der Waals surface area contributed by atoms with E-state index in [4.69, 9.17) is 9.47 Å². The van der Waals surface area contributed by atoms with Crippen molar-refractivity contribution in [3.05, 3.63) is 42.5 Å². The highest BCUT2D eigenvalue weighted by molar-refractivity contribution is 7.93. The Labute approximate surface area is 137 Å². The van der Waals surface area contributed by atoms with Gasteiger partial charge in [-0.1, -0.05) is 30.4 Å². The lowest BCUT2D eigenvalue weighted by Crippen LogP contribution is -2.48. The van der Waals surface area contributed by atoms with Crippen molar-refractivity contribution in [1.29, 1.82) is 0 Å². The van der Waals surface area contributed by atoms with Crippen LogP contribution in [0.4, 0.5) is 0 Å². The van der Waals surface area contributed by atoms with Crippen molar-refractivity contribution in [2.75, 3.05) is 27.0 Å². The second-order valence-electron chi connectivity index (χ2n) is 6.19. The SMILES string of the molecule is CN=[S@@](=O)(C[C@]1(O)C[C@H]2C=C[C@H]1C2(OC)OC)c1ccccc1. The lowest BCUT2D eigenvalue weighted by Gasteiger charge is -2.36. The van der Waals surface area contributed by atoms with Crippen LogP contribution in [0.15, 0.2) is 51.7 Å². The van der Waals surface area contributed by atoms with Crippen molar-refractivity contribution >= 4 is 9.73 Å². The maximum atomic E-state index is 13.3. The van der Waals surface area contributed by atoms with Gasteiger partial charge in [0.25, 0.3) is 0 Å². The number of fused-ring (bicyclic) bond motifs is 2. The molecule has 0 aliphatic heterocycles. The molecule has 0 spiro atoms. The number of ether oxygens (including phenoxy) is 2. The molecule has 1 fully saturated rings. The number of benzene rings is 1. The van der Waals surface area contributed by atoms with Crippen molar-refractivity contribution in [2.24, 2.45) is 16.2 Å². The number of aliphatic hydroxyl groups is 1. The van der Waals surface area contributed by atoms with Crippen molar-refractivity contribution in [2.45, 2.75) is 22.7 Å². The van der Waals surface area contributed by atoms with Crippen molar-refractivity contribution in [3.63, 3.8) is 0 Å². The molecule has 1 aromatic rings. The maximum Gasteiger partial charge on any atom is 0.182 e. The van der Waals surface area contributed by atoms with Crippen LogP contribution in [-0.4, -0.2) is 47.7 Å². The first kappa shape index (κ1) is 16.6.